The van der Waals surface area contributed by atoms with Gasteiger partial charge in [0.1, 0.15) is 10.9 Å². The van der Waals surface area contributed by atoms with Crippen LogP contribution in [0.15, 0.2) is 18.2 Å². The average Bonchev–Trinajstić information content (AvgIpc) is 2.83. The Bertz CT molecular complexity index is 686. The summed E-state index contributed by atoms with van der Waals surface area (Å²) < 4.78 is 10.6. The monoisotopic (exact) mass is 302 g/mol. The Balaban J connectivity index is 2.58. The zero-order valence-electron chi connectivity index (χ0n) is 12.4. The lowest BCUT2D eigenvalue weighted by atomic mass is 10.0. The van der Waals surface area contributed by atoms with Gasteiger partial charge in [0.15, 0.2) is 11.5 Å². The van der Waals surface area contributed by atoms with Gasteiger partial charge in [-0.1, -0.05) is 13.3 Å². The first kappa shape index (κ1) is 15.2. The predicted octanol–water partition coefficient (Wildman–Crippen LogP) is 3.84. The molecule has 0 unspecified atom stereocenters. The molecular formula is C16H18N2O2S. The molecule has 0 atom stereocenters. The first-order valence-corrected chi connectivity index (χ1v) is 7.51. The largest absolute Gasteiger partial charge is 0.493 e. The number of nitrogen functional groups attached to an aromatic ring is 1. The van der Waals surface area contributed by atoms with Crippen molar-refractivity contribution in [2.75, 3.05) is 20.0 Å². The van der Waals surface area contributed by atoms with Gasteiger partial charge in [-0.2, -0.15) is 5.26 Å². The van der Waals surface area contributed by atoms with Crippen molar-refractivity contribution >= 4 is 17.0 Å². The van der Waals surface area contributed by atoms with Crippen molar-refractivity contribution < 1.29 is 9.47 Å². The molecule has 5 heteroatoms. The lowest BCUT2D eigenvalue weighted by Gasteiger charge is -2.10. The van der Waals surface area contributed by atoms with Gasteiger partial charge in [0.05, 0.1) is 19.9 Å². The second-order valence-corrected chi connectivity index (χ2v) is 5.60. The normalized spacial score (nSPS) is 10.2. The number of nitrogens with zero attached hydrogens (tertiary/aromatic N) is 1. The summed E-state index contributed by atoms with van der Waals surface area (Å²) in [6.07, 6.45) is 1.83. The molecule has 0 aliphatic rings. The van der Waals surface area contributed by atoms with Crippen molar-refractivity contribution in [3.05, 3.63) is 28.6 Å². The lowest BCUT2D eigenvalue weighted by molar-refractivity contribution is 0.355. The number of anilines is 1. The van der Waals surface area contributed by atoms with Crippen molar-refractivity contribution in [3.8, 4) is 28.0 Å². The van der Waals surface area contributed by atoms with E-state index >= 15 is 0 Å². The fraction of sp³-hybridized carbons (Fsp3) is 0.312. The maximum Gasteiger partial charge on any atom is 0.161 e. The molecule has 0 saturated carbocycles. The maximum absolute atomic E-state index is 9.19. The number of benzene rings is 1. The Hall–Kier alpha value is -2.19. The highest BCUT2D eigenvalue weighted by Crippen LogP contribution is 2.41. The molecule has 0 saturated heterocycles. The van der Waals surface area contributed by atoms with Crippen molar-refractivity contribution in [2.24, 2.45) is 0 Å². The fourth-order valence-electron chi connectivity index (χ4n) is 2.27. The highest BCUT2D eigenvalue weighted by atomic mass is 32.1. The molecule has 0 radical (unpaired) electrons. The summed E-state index contributed by atoms with van der Waals surface area (Å²) in [5, 5.41) is 9.19. The number of ether oxygens (including phenoxy) is 2. The maximum atomic E-state index is 9.19. The average molecular weight is 302 g/mol. The molecule has 0 bridgehead atoms. The van der Waals surface area contributed by atoms with Crippen LogP contribution in [0.2, 0.25) is 0 Å². The van der Waals surface area contributed by atoms with Crippen LogP contribution < -0.4 is 15.2 Å². The van der Waals surface area contributed by atoms with E-state index in [1.54, 1.807) is 14.2 Å². The molecule has 21 heavy (non-hydrogen) atoms. The number of hydrogen-bond acceptors (Lipinski definition) is 5. The van der Waals surface area contributed by atoms with E-state index in [1.807, 2.05) is 18.2 Å². The van der Waals surface area contributed by atoms with E-state index in [4.69, 9.17) is 15.2 Å². The molecule has 1 aromatic carbocycles. The van der Waals surface area contributed by atoms with E-state index in [0.717, 1.165) is 28.8 Å². The van der Waals surface area contributed by atoms with E-state index in [0.29, 0.717) is 22.1 Å². The molecule has 0 fully saturated rings. The molecule has 1 heterocycles. The SMILES string of the molecule is CCCc1c(-c2ccc(OC)c(OC)c2)sc(C#N)c1N. The van der Waals surface area contributed by atoms with Gasteiger partial charge in [0.2, 0.25) is 0 Å². The van der Waals surface area contributed by atoms with Crippen LogP contribution >= 0.6 is 11.3 Å². The minimum Gasteiger partial charge on any atom is -0.493 e. The van der Waals surface area contributed by atoms with Crippen molar-refractivity contribution in [3.63, 3.8) is 0 Å². The summed E-state index contributed by atoms with van der Waals surface area (Å²) in [5.41, 5.74) is 8.74. The van der Waals surface area contributed by atoms with E-state index < -0.39 is 0 Å². The van der Waals surface area contributed by atoms with Crippen LogP contribution in [0.1, 0.15) is 23.8 Å². The Labute approximate surface area is 128 Å². The summed E-state index contributed by atoms with van der Waals surface area (Å²) in [5.74, 6) is 1.35. The van der Waals surface area contributed by atoms with E-state index in [2.05, 4.69) is 13.0 Å². The van der Waals surface area contributed by atoms with Gasteiger partial charge in [-0.05, 0) is 35.7 Å². The molecule has 1 aromatic heterocycles. The number of rotatable bonds is 5. The summed E-state index contributed by atoms with van der Waals surface area (Å²) in [4.78, 5) is 1.61. The number of hydrogen-bond donors (Lipinski definition) is 1. The summed E-state index contributed by atoms with van der Waals surface area (Å²) in [7, 11) is 3.22. The first-order chi connectivity index (χ1) is 10.2. The second-order valence-electron chi connectivity index (χ2n) is 4.58. The molecule has 2 rings (SSSR count). The van der Waals surface area contributed by atoms with Gasteiger partial charge >= 0.3 is 0 Å². The minimum absolute atomic E-state index is 0.572. The van der Waals surface area contributed by atoms with Crippen LogP contribution in [0.25, 0.3) is 10.4 Å². The van der Waals surface area contributed by atoms with E-state index in [-0.39, 0.29) is 0 Å². The fourth-order valence-corrected chi connectivity index (χ4v) is 3.33. The number of nitrogens with two attached hydrogens (primary N) is 1. The zero-order chi connectivity index (χ0) is 15.4. The Morgan fingerprint density at radius 3 is 2.52 bits per heavy atom. The first-order valence-electron chi connectivity index (χ1n) is 6.69. The van der Waals surface area contributed by atoms with Crippen LogP contribution in [0.3, 0.4) is 0 Å². The molecule has 0 amide bonds. The number of nitriles is 1. The second kappa shape index (κ2) is 6.51. The van der Waals surface area contributed by atoms with E-state index in [9.17, 15) is 5.26 Å². The van der Waals surface area contributed by atoms with E-state index in [1.165, 1.54) is 11.3 Å². The smallest absolute Gasteiger partial charge is 0.161 e. The third-order valence-corrected chi connectivity index (χ3v) is 4.50. The van der Waals surface area contributed by atoms with Gasteiger partial charge in [-0.15, -0.1) is 11.3 Å². The quantitative estimate of drug-likeness (QED) is 0.911. The predicted molar refractivity (Wildman–Crippen MR) is 86.0 cm³/mol. The third-order valence-electron chi connectivity index (χ3n) is 3.30. The Morgan fingerprint density at radius 2 is 1.95 bits per heavy atom. The van der Waals surface area contributed by atoms with Crippen LogP contribution in [0.5, 0.6) is 11.5 Å². The van der Waals surface area contributed by atoms with Gasteiger partial charge in [0.25, 0.3) is 0 Å². The molecule has 0 aliphatic heterocycles. The van der Waals surface area contributed by atoms with Crippen LogP contribution in [0, 0.1) is 11.3 Å². The Morgan fingerprint density at radius 1 is 1.24 bits per heavy atom. The molecule has 0 aliphatic carbocycles. The highest BCUT2D eigenvalue weighted by Gasteiger charge is 2.17. The third kappa shape index (κ3) is 2.81. The van der Waals surface area contributed by atoms with Crippen molar-refractivity contribution in [2.45, 2.75) is 19.8 Å². The summed E-state index contributed by atoms with van der Waals surface area (Å²) >= 11 is 1.43. The molecule has 2 N–H and O–H groups in total. The topological polar surface area (TPSA) is 68.3 Å². The minimum atomic E-state index is 0.572. The van der Waals surface area contributed by atoms with Gasteiger partial charge in [-0.25, -0.2) is 0 Å². The van der Waals surface area contributed by atoms with Crippen LogP contribution in [-0.2, 0) is 6.42 Å². The lowest BCUT2D eigenvalue weighted by Crippen LogP contribution is -1.94. The molecule has 2 aromatic rings. The number of methoxy groups -OCH3 is 2. The highest BCUT2D eigenvalue weighted by molar-refractivity contribution is 7.16. The van der Waals surface area contributed by atoms with Gasteiger partial charge in [-0.3, -0.25) is 0 Å². The summed E-state index contributed by atoms with van der Waals surface area (Å²) in [6.45, 7) is 2.10. The van der Waals surface area contributed by atoms with Gasteiger partial charge < -0.3 is 15.2 Å². The van der Waals surface area contributed by atoms with Gasteiger partial charge in [0, 0.05) is 4.88 Å². The zero-order valence-corrected chi connectivity index (χ0v) is 13.2. The molecule has 4 nitrogen and oxygen atoms in total. The molecular weight excluding hydrogens is 284 g/mol. The Kier molecular flexibility index (Phi) is 4.71. The van der Waals surface area contributed by atoms with Crippen LogP contribution in [0.4, 0.5) is 5.69 Å². The van der Waals surface area contributed by atoms with Crippen molar-refractivity contribution in [1.82, 2.24) is 0 Å². The number of thiophene rings is 1. The standard InChI is InChI=1S/C16H18N2O2S/c1-4-5-11-15(18)14(9-17)21-16(11)10-6-7-12(19-2)13(8-10)20-3/h6-8H,4-5,18H2,1-3H3. The van der Waals surface area contributed by atoms with Crippen LogP contribution in [-0.4, -0.2) is 14.2 Å². The molecule has 110 valence electrons. The summed E-state index contributed by atoms with van der Waals surface area (Å²) in [6, 6.07) is 7.93. The van der Waals surface area contributed by atoms with Crippen molar-refractivity contribution in [1.29, 1.82) is 5.26 Å². The molecule has 0 spiro atoms.